The Bertz CT molecular complexity index is 363. The van der Waals surface area contributed by atoms with Crippen molar-refractivity contribution in [3.05, 3.63) is 29.8 Å². The van der Waals surface area contributed by atoms with E-state index in [4.69, 9.17) is 10.2 Å². The molecule has 0 aliphatic heterocycles. The fourth-order valence-corrected chi connectivity index (χ4v) is 0.977. The molecule has 0 atom stereocenters. The minimum absolute atomic E-state index is 0.0227. The number of aliphatic hydroxyl groups is 2. The predicted octanol–water partition coefficient (Wildman–Crippen LogP) is -0.306. The summed E-state index contributed by atoms with van der Waals surface area (Å²) in [4.78, 5) is 15.2. The Morgan fingerprint density at radius 3 is 2.56 bits per heavy atom. The van der Waals surface area contributed by atoms with Crippen molar-refractivity contribution >= 4 is 5.91 Å². The van der Waals surface area contributed by atoms with Crippen LogP contribution in [0.5, 0.6) is 0 Å². The molecule has 88 valence electrons. The van der Waals surface area contributed by atoms with Gasteiger partial charge in [-0.25, -0.2) is 9.37 Å². The van der Waals surface area contributed by atoms with Gasteiger partial charge < -0.3 is 15.5 Å². The topological polar surface area (TPSA) is 82.5 Å². The molecule has 0 bridgehead atoms. The number of rotatable bonds is 4. The van der Waals surface area contributed by atoms with Crippen molar-refractivity contribution in [3.63, 3.8) is 0 Å². The van der Waals surface area contributed by atoms with Gasteiger partial charge in [-0.2, -0.15) is 0 Å². The van der Waals surface area contributed by atoms with Crippen LogP contribution >= 0.6 is 0 Å². The van der Waals surface area contributed by atoms with Crippen LogP contribution in [0.3, 0.4) is 0 Å². The average molecular weight is 228 g/mol. The van der Waals surface area contributed by atoms with E-state index >= 15 is 0 Å². The molecular weight excluding hydrogens is 215 g/mol. The van der Waals surface area contributed by atoms with E-state index in [0.717, 1.165) is 12.3 Å². The van der Waals surface area contributed by atoms with Gasteiger partial charge >= 0.3 is 0 Å². The summed E-state index contributed by atoms with van der Waals surface area (Å²) >= 11 is 0. The van der Waals surface area contributed by atoms with E-state index in [9.17, 15) is 9.18 Å². The van der Waals surface area contributed by atoms with Gasteiger partial charge in [-0.3, -0.25) is 4.79 Å². The standard InChI is InChI=1S/C10H13FN2O3/c1-10(5-14,6-15)13-9(16)8-3-2-7(11)4-12-8/h2-4,14-15H,5-6H2,1H3,(H,13,16). The van der Waals surface area contributed by atoms with Gasteiger partial charge in [0.25, 0.3) is 5.91 Å². The van der Waals surface area contributed by atoms with E-state index in [-0.39, 0.29) is 5.69 Å². The molecule has 0 radical (unpaired) electrons. The van der Waals surface area contributed by atoms with Crippen LogP contribution in [0.25, 0.3) is 0 Å². The van der Waals surface area contributed by atoms with Crippen molar-refractivity contribution in [1.29, 1.82) is 0 Å². The van der Waals surface area contributed by atoms with Gasteiger partial charge in [0.1, 0.15) is 11.5 Å². The zero-order chi connectivity index (χ0) is 12.2. The lowest BCUT2D eigenvalue weighted by atomic mass is 10.1. The van der Waals surface area contributed by atoms with Crippen molar-refractivity contribution in [2.45, 2.75) is 12.5 Å². The van der Waals surface area contributed by atoms with Gasteiger partial charge in [0.15, 0.2) is 0 Å². The van der Waals surface area contributed by atoms with Gasteiger partial charge in [0.05, 0.1) is 24.9 Å². The number of amides is 1. The van der Waals surface area contributed by atoms with Crippen LogP contribution in [0.2, 0.25) is 0 Å². The molecule has 1 amide bonds. The number of hydrogen-bond acceptors (Lipinski definition) is 4. The normalized spacial score (nSPS) is 11.2. The van der Waals surface area contributed by atoms with Crippen molar-refractivity contribution < 1.29 is 19.4 Å². The smallest absolute Gasteiger partial charge is 0.270 e. The Hall–Kier alpha value is -1.53. The first-order chi connectivity index (χ1) is 7.50. The average Bonchev–Trinajstić information content (AvgIpc) is 2.29. The zero-order valence-electron chi connectivity index (χ0n) is 8.77. The van der Waals surface area contributed by atoms with E-state index in [1.807, 2.05) is 0 Å². The quantitative estimate of drug-likeness (QED) is 0.660. The molecule has 0 saturated carbocycles. The number of aliphatic hydroxyl groups excluding tert-OH is 2. The summed E-state index contributed by atoms with van der Waals surface area (Å²) in [5, 5.41) is 20.3. The minimum atomic E-state index is -1.12. The largest absolute Gasteiger partial charge is 0.394 e. The van der Waals surface area contributed by atoms with Crippen LogP contribution in [0, 0.1) is 5.82 Å². The van der Waals surface area contributed by atoms with Crippen LogP contribution in [0.4, 0.5) is 4.39 Å². The highest BCUT2D eigenvalue weighted by Gasteiger charge is 2.25. The number of nitrogens with zero attached hydrogens (tertiary/aromatic N) is 1. The lowest BCUT2D eigenvalue weighted by Crippen LogP contribution is -2.51. The van der Waals surface area contributed by atoms with E-state index in [1.165, 1.54) is 13.0 Å². The van der Waals surface area contributed by atoms with Crippen molar-refractivity contribution in [3.8, 4) is 0 Å². The predicted molar refractivity (Wildman–Crippen MR) is 54.2 cm³/mol. The summed E-state index contributed by atoms with van der Waals surface area (Å²) < 4.78 is 12.5. The highest BCUT2D eigenvalue weighted by Crippen LogP contribution is 2.04. The Labute approximate surface area is 91.9 Å². The van der Waals surface area contributed by atoms with Gasteiger partial charge in [-0.15, -0.1) is 0 Å². The molecule has 1 heterocycles. The molecule has 1 aromatic heterocycles. The first kappa shape index (κ1) is 12.5. The Kier molecular flexibility index (Phi) is 3.92. The summed E-state index contributed by atoms with van der Waals surface area (Å²) in [5.74, 6) is -1.12. The summed E-state index contributed by atoms with van der Waals surface area (Å²) in [7, 11) is 0. The SMILES string of the molecule is CC(CO)(CO)NC(=O)c1ccc(F)cn1. The van der Waals surface area contributed by atoms with E-state index < -0.39 is 30.5 Å². The van der Waals surface area contributed by atoms with Gasteiger partial charge in [0, 0.05) is 0 Å². The number of halogens is 1. The first-order valence-electron chi connectivity index (χ1n) is 4.66. The van der Waals surface area contributed by atoms with Crippen LogP contribution in [-0.4, -0.2) is 39.9 Å². The Morgan fingerprint density at radius 1 is 1.50 bits per heavy atom. The molecule has 0 spiro atoms. The molecular formula is C10H13FN2O3. The molecule has 3 N–H and O–H groups in total. The fraction of sp³-hybridized carbons (Fsp3) is 0.400. The number of hydrogen-bond donors (Lipinski definition) is 3. The third-order valence-electron chi connectivity index (χ3n) is 2.07. The van der Waals surface area contributed by atoms with Crippen LogP contribution in [0.1, 0.15) is 17.4 Å². The second kappa shape index (κ2) is 5.00. The molecule has 0 aliphatic carbocycles. The molecule has 1 rings (SSSR count). The minimum Gasteiger partial charge on any atom is -0.394 e. The molecule has 0 aliphatic rings. The third kappa shape index (κ3) is 2.98. The van der Waals surface area contributed by atoms with Crippen molar-refractivity contribution in [2.24, 2.45) is 0 Å². The monoisotopic (exact) mass is 228 g/mol. The van der Waals surface area contributed by atoms with E-state index in [2.05, 4.69) is 10.3 Å². The van der Waals surface area contributed by atoms with Crippen LogP contribution < -0.4 is 5.32 Å². The molecule has 6 heteroatoms. The number of carbonyl (C=O) groups excluding carboxylic acids is 1. The highest BCUT2D eigenvalue weighted by atomic mass is 19.1. The van der Waals surface area contributed by atoms with Gasteiger partial charge in [0.2, 0.25) is 0 Å². The maximum atomic E-state index is 12.5. The second-order valence-electron chi connectivity index (χ2n) is 3.69. The molecule has 16 heavy (non-hydrogen) atoms. The summed E-state index contributed by atoms with van der Waals surface area (Å²) in [6, 6.07) is 2.33. The zero-order valence-corrected chi connectivity index (χ0v) is 8.77. The second-order valence-corrected chi connectivity index (χ2v) is 3.69. The summed E-state index contributed by atoms with van der Waals surface area (Å²) in [6.45, 7) is 0.668. The molecule has 5 nitrogen and oxygen atoms in total. The Morgan fingerprint density at radius 2 is 2.12 bits per heavy atom. The van der Waals surface area contributed by atoms with E-state index in [0.29, 0.717) is 0 Å². The van der Waals surface area contributed by atoms with Crippen molar-refractivity contribution in [1.82, 2.24) is 10.3 Å². The molecule has 0 aromatic carbocycles. The van der Waals surface area contributed by atoms with Gasteiger partial charge in [-0.1, -0.05) is 0 Å². The molecule has 0 fully saturated rings. The number of pyridine rings is 1. The number of nitrogens with one attached hydrogen (secondary N) is 1. The summed E-state index contributed by atoms with van der Waals surface area (Å²) in [6.07, 6.45) is 0.921. The number of carbonyl (C=O) groups is 1. The maximum Gasteiger partial charge on any atom is 0.270 e. The first-order valence-corrected chi connectivity index (χ1v) is 4.66. The van der Waals surface area contributed by atoms with Gasteiger partial charge in [-0.05, 0) is 19.1 Å². The lowest BCUT2D eigenvalue weighted by molar-refractivity contribution is 0.0719. The maximum absolute atomic E-state index is 12.5. The van der Waals surface area contributed by atoms with Crippen LogP contribution in [-0.2, 0) is 0 Å². The van der Waals surface area contributed by atoms with Crippen LogP contribution in [0.15, 0.2) is 18.3 Å². The Balaban J connectivity index is 2.76. The lowest BCUT2D eigenvalue weighted by Gasteiger charge is -2.25. The molecule has 1 aromatic rings. The highest BCUT2D eigenvalue weighted by molar-refractivity contribution is 5.92. The van der Waals surface area contributed by atoms with E-state index in [1.54, 1.807) is 0 Å². The number of aromatic nitrogens is 1. The molecule has 0 unspecified atom stereocenters. The molecule has 0 saturated heterocycles. The van der Waals surface area contributed by atoms with Crippen molar-refractivity contribution in [2.75, 3.05) is 13.2 Å². The fourth-order valence-electron chi connectivity index (χ4n) is 0.977. The third-order valence-corrected chi connectivity index (χ3v) is 2.07. The summed E-state index contributed by atoms with van der Waals surface area (Å²) in [5.41, 5.74) is -1.10.